The van der Waals surface area contributed by atoms with Crippen LogP contribution in [0.5, 0.6) is 0 Å². The standard InChI is InChI=1S/C29H20N2/c1-3-8-21(9-4-1)22-13-15-23(16-14-22)24-17-18-28-27(20-24)26-12-7-19-30-29(26)31(28)25-10-5-2-6-11-25/h1-20H. The highest BCUT2D eigenvalue weighted by Crippen LogP contribution is 2.34. The third kappa shape index (κ3) is 3.01. The smallest absolute Gasteiger partial charge is 0.145 e. The number of hydrogen-bond acceptors (Lipinski definition) is 1. The zero-order valence-corrected chi connectivity index (χ0v) is 16.9. The first-order chi connectivity index (χ1) is 15.4. The average Bonchev–Trinajstić information content (AvgIpc) is 3.19. The molecule has 0 spiro atoms. The number of pyridine rings is 1. The van der Waals surface area contributed by atoms with Crippen molar-refractivity contribution in [3.8, 4) is 27.9 Å². The lowest BCUT2D eigenvalue weighted by Crippen LogP contribution is -1.94. The minimum atomic E-state index is 0.986. The molecule has 2 heteroatoms. The van der Waals surface area contributed by atoms with Crippen molar-refractivity contribution in [3.05, 3.63) is 121 Å². The number of hydrogen-bond donors (Lipinski definition) is 0. The van der Waals surface area contributed by atoms with Crippen molar-refractivity contribution in [2.45, 2.75) is 0 Å². The summed E-state index contributed by atoms with van der Waals surface area (Å²) in [5, 5.41) is 2.39. The van der Waals surface area contributed by atoms with Crippen LogP contribution in [0.1, 0.15) is 0 Å². The van der Waals surface area contributed by atoms with Gasteiger partial charge in [0.1, 0.15) is 5.65 Å². The fourth-order valence-electron chi connectivity index (χ4n) is 4.35. The van der Waals surface area contributed by atoms with Crippen molar-refractivity contribution in [1.82, 2.24) is 9.55 Å². The summed E-state index contributed by atoms with van der Waals surface area (Å²) in [6, 6.07) is 40.6. The van der Waals surface area contributed by atoms with Crippen LogP contribution >= 0.6 is 0 Å². The Morgan fingerprint density at radius 2 is 1.10 bits per heavy atom. The van der Waals surface area contributed by atoms with Gasteiger partial charge in [0.2, 0.25) is 0 Å². The molecule has 0 amide bonds. The van der Waals surface area contributed by atoms with Gasteiger partial charge in [0.05, 0.1) is 5.52 Å². The van der Waals surface area contributed by atoms with Crippen molar-refractivity contribution >= 4 is 21.9 Å². The number of benzene rings is 4. The van der Waals surface area contributed by atoms with Gasteiger partial charge in [-0.15, -0.1) is 0 Å². The summed E-state index contributed by atoms with van der Waals surface area (Å²) in [4.78, 5) is 4.71. The third-order valence-electron chi connectivity index (χ3n) is 5.87. The summed E-state index contributed by atoms with van der Waals surface area (Å²) in [7, 11) is 0. The number of nitrogens with zero attached hydrogens (tertiary/aromatic N) is 2. The summed E-state index contributed by atoms with van der Waals surface area (Å²) < 4.78 is 2.24. The van der Waals surface area contributed by atoms with Gasteiger partial charge in [-0.3, -0.25) is 4.57 Å². The van der Waals surface area contributed by atoms with E-state index in [2.05, 4.69) is 102 Å². The van der Waals surface area contributed by atoms with Crippen LogP contribution in [0.4, 0.5) is 0 Å². The summed E-state index contributed by atoms with van der Waals surface area (Å²) in [5.74, 6) is 0. The minimum absolute atomic E-state index is 0.986. The average molecular weight is 396 g/mol. The maximum atomic E-state index is 4.71. The van der Waals surface area contributed by atoms with Gasteiger partial charge in [0.25, 0.3) is 0 Å². The highest BCUT2D eigenvalue weighted by molar-refractivity contribution is 6.09. The molecule has 0 N–H and O–H groups in total. The lowest BCUT2D eigenvalue weighted by molar-refractivity contribution is 1.14. The molecule has 0 aliphatic carbocycles. The van der Waals surface area contributed by atoms with Crippen LogP contribution in [0, 0.1) is 0 Å². The molecule has 0 aliphatic heterocycles. The van der Waals surface area contributed by atoms with Crippen molar-refractivity contribution in [2.75, 3.05) is 0 Å². The van der Waals surface area contributed by atoms with Gasteiger partial charge in [0, 0.05) is 22.7 Å². The molecule has 31 heavy (non-hydrogen) atoms. The zero-order valence-electron chi connectivity index (χ0n) is 16.9. The van der Waals surface area contributed by atoms with Crippen LogP contribution in [0.25, 0.3) is 49.9 Å². The fraction of sp³-hybridized carbons (Fsp3) is 0. The van der Waals surface area contributed by atoms with Crippen LogP contribution < -0.4 is 0 Å². The SMILES string of the molecule is c1ccc(-c2ccc(-c3ccc4c(c3)c3cccnc3n4-c3ccccc3)cc2)cc1. The second-order valence-corrected chi connectivity index (χ2v) is 7.72. The molecule has 2 aromatic heterocycles. The predicted molar refractivity (Wildman–Crippen MR) is 129 cm³/mol. The van der Waals surface area contributed by atoms with E-state index in [1.54, 1.807) is 0 Å². The van der Waals surface area contributed by atoms with Crippen molar-refractivity contribution < 1.29 is 0 Å². The van der Waals surface area contributed by atoms with Gasteiger partial charge < -0.3 is 0 Å². The van der Waals surface area contributed by atoms with Gasteiger partial charge >= 0.3 is 0 Å². The Hall–Kier alpha value is -4.17. The maximum absolute atomic E-state index is 4.71. The molecule has 0 saturated heterocycles. The van der Waals surface area contributed by atoms with Gasteiger partial charge in [0.15, 0.2) is 0 Å². The molecule has 6 aromatic rings. The Morgan fingerprint density at radius 1 is 0.484 bits per heavy atom. The molecule has 0 bridgehead atoms. The molecule has 0 atom stereocenters. The lowest BCUT2D eigenvalue weighted by Gasteiger charge is -2.08. The van der Waals surface area contributed by atoms with E-state index in [0.29, 0.717) is 0 Å². The summed E-state index contributed by atoms with van der Waals surface area (Å²) in [6.45, 7) is 0. The molecule has 0 unspecified atom stereocenters. The van der Waals surface area contributed by atoms with Crippen LogP contribution in [0.15, 0.2) is 121 Å². The molecule has 2 nitrogen and oxygen atoms in total. The summed E-state index contributed by atoms with van der Waals surface area (Å²) in [6.07, 6.45) is 1.86. The topological polar surface area (TPSA) is 17.8 Å². The molecule has 0 fully saturated rings. The third-order valence-corrected chi connectivity index (χ3v) is 5.87. The Morgan fingerprint density at radius 3 is 1.84 bits per heavy atom. The Kier molecular flexibility index (Phi) is 4.14. The highest BCUT2D eigenvalue weighted by Gasteiger charge is 2.13. The molecule has 2 heterocycles. The largest absolute Gasteiger partial charge is 0.294 e. The van der Waals surface area contributed by atoms with E-state index in [1.807, 2.05) is 24.4 Å². The van der Waals surface area contributed by atoms with E-state index < -0.39 is 0 Å². The Labute approximate surface area is 181 Å². The van der Waals surface area contributed by atoms with Gasteiger partial charge in [-0.05, 0) is 58.7 Å². The molecule has 4 aromatic carbocycles. The monoisotopic (exact) mass is 396 g/mol. The van der Waals surface area contributed by atoms with E-state index >= 15 is 0 Å². The lowest BCUT2D eigenvalue weighted by atomic mass is 9.99. The number of aromatic nitrogens is 2. The second-order valence-electron chi connectivity index (χ2n) is 7.72. The second kappa shape index (κ2) is 7.26. The molecule has 0 saturated carbocycles. The first-order valence-corrected chi connectivity index (χ1v) is 10.5. The Balaban J connectivity index is 1.50. The molecule has 146 valence electrons. The van der Waals surface area contributed by atoms with E-state index in [9.17, 15) is 0 Å². The first kappa shape index (κ1) is 17.7. The molecular weight excluding hydrogens is 376 g/mol. The van der Waals surface area contributed by atoms with E-state index in [0.717, 1.165) is 11.3 Å². The van der Waals surface area contributed by atoms with Gasteiger partial charge in [-0.2, -0.15) is 0 Å². The summed E-state index contributed by atoms with van der Waals surface area (Å²) >= 11 is 0. The van der Waals surface area contributed by atoms with Crippen molar-refractivity contribution in [3.63, 3.8) is 0 Å². The minimum Gasteiger partial charge on any atom is -0.294 e. The molecule has 0 aliphatic rings. The van der Waals surface area contributed by atoms with Gasteiger partial charge in [-0.25, -0.2) is 4.98 Å². The molecule has 0 radical (unpaired) electrons. The van der Waals surface area contributed by atoms with E-state index in [-0.39, 0.29) is 0 Å². The summed E-state index contributed by atoms with van der Waals surface area (Å²) in [5.41, 5.74) is 8.18. The molecule has 6 rings (SSSR count). The van der Waals surface area contributed by atoms with Crippen LogP contribution in [-0.4, -0.2) is 9.55 Å². The van der Waals surface area contributed by atoms with Crippen LogP contribution in [-0.2, 0) is 0 Å². The fourth-order valence-corrected chi connectivity index (χ4v) is 4.35. The number of fused-ring (bicyclic) bond motifs is 3. The van der Waals surface area contributed by atoms with E-state index in [1.165, 1.54) is 38.5 Å². The molecular formula is C29H20N2. The predicted octanol–water partition coefficient (Wildman–Crippen LogP) is 7.51. The van der Waals surface area contributed by atoms with Crippen molar-refractivity contribution in [1.29, 1.82) is 0 Å². The highest BCUT2D eigenvalue weighted by atomic mass is 15.0. The normalized spacial score (nSPS) is 11.2. The van der Waals surface area contributed by atoms with Crippen molar-refractivity contribution in [2.24, 2.45) is 0 Å². The first-order valence-electron chi connectivity index (χ1n) is 10.5. The number of rotatable bonds is 3. The number of para-hydroxylation sites is 1. The van der Waals surface area contributed by atoms with Crippen LogP contribution in [0.3, 0.4) is 0 Å². The van der Waals surface area contributed by atoms with Gasteiger partial charge in [-0.1, -0.05) is 78.9 Å². The quantitative estimate of drug-likeness (QED) is 0.303. The zero-order chi connectivity index (χ0) is 20.6. The van der Waals surface area contributed by atoms with Crippen LogP contribution in [0.2, 0.25) is 0 Å². The van der Waals surface area contributed by atoms with E-state index in [4.69, 9.17) is 4.98 Å². The Bertz CT molecular complexity index is 1500. The maximum Gasteiger partial charge on any atom is 0.145 e.